The molecule has 1 amide bonds. The predicted octanol–water partition coefficient (Wildman–Crippen LogP) is 4.31. The number of benzene rings is 2. The minimum Gasteiger partial charge on any atom is -0.332 e. The number of ketones is 1. The number of Topliss-reactive ketones (excluding diaryl/α,β-unsaturated/α-hetero) is 1. The third-order valence-electron chi connectivity index (χ3n) is 4.27. The second-order valence-electron chi connectivity index (χ2n) is 7.06. The third kappa shape index (κ3) is 8.31. The van der Waals surface area contributed by atoms with E-state index in [1.807, 2.05) is 38.4 Å². The first kappa shape index (κ1) is 23.0. The number of carbonyl (C=O) groups is 2. The smallest absolute Gasteiger partial charge is 0.258 e. The van der Waals surface area contributed by atoms with Crippen LogP contribution in [0.25, 0.3) is 0 Å². The van der Waals surface area contributed by atoms with E-state index in [-0.39, 0.29) is 16.8 Å². The SMILES string of the molecule is CN(C)CCCCC(=O)Cc1ccc(NC(=S)NC(=O)c2ccccc2Cl)cc1. The van der Waals surface area contributed by atoms with Gasteiger partial charge in [0.1, 0.15) is 5.78 Å². The molecule has 2 rings (SSSR count). The Morgan fingerprint density at radius 1 is 1.03 bits per heavy atom. The van der Waals surface area contributed by atoms with Crippen molar-refractivity contribution >= 4 is 46.3 Å². The maximum Gasteiger partial charge on any atom is 0.258 e. The molecule has 2 aromatic carbocycles. The lowest BCUT2D eigenvalue weighted by atomic mass is 10.0. The van der Waals surface area contributed by atoms with Gasteiger partial charge in [-0.1, -0.05) is 35.9 Å². The summed E-state index contributed by atoms with van der Waals surface area (Å²) in [5.41, 5.74) is 2.05. The summed E-state index contributed by atoms with van der Waals surface area (Å²) in [6.07, 6.45) is 2.97. The van der Waals surface area contributed by atoms with Gasteiger partial charge in [0.2, 0.25) is 0 Å². The van der Waals surface area contributed by atoms with E-state index in [1.165, 1.54) is 0 Å². The number of amides is 1. The molecule has 0 aromatic heterocycles. The van der Waals surface area contributed by atoms with Crippen molar-refractivity contribution in [3.05, 3.63) is 64.7 Å². The van der Waals surface area contributed by atoms with Crippen molar-refractivity contribution in [2.45, 2.75) is 25.7 Å². The molecular weight excluding hydrogens is 406 g/mol. The Bertz CT molecular complexity index is 853. The van der Waals surface area contributed by atoms with Crippen LogP contribution in [0.5, 0.6) is 0 Å². The van der Waals surface area contributed by atoms with Gasteiger partial charge >= 0.3 is 0 Å². The molecule has 2 N–H and O–H groups in total. The van der Waals surface area contributed by atoms with E-state index in [0.717, 1.165) is 30.6 Å². The van der Waals surface area contributed by atoms with E-state index < -0.39 is 0 Å². The monoisotopic (exact) mass is 431 g/mol. The molecule has 0 radical (unpaired) electrons. The van der Waals surface area contributed by atoms with Gasteiger partial charge in [-0.3, -0.25) is 14.9 Å². The Hall–Kier alpha value is -2.28. The van der Waals surface area contributed by atoms with Crippen molar-refractivity contribution in [3.63, 3.8) is 0 Å². The van der Waals surface area contributed by atoms with Gasteiger partial charge in [-0.25, -0.2) is 0 Å². The predicted molar refractivity (Wildman–Crippen MR) is 123 cm³/mol. The van der Waals surface area contributed by atoms with Crippen LogP contribution in [0.4, 0.5) is 5.69 Å². The van der Waals surface area contributed by atoms with Crippen LogP contribution in [0.2, 0.25) is 5.02 Å². The van der Waals surface area contributed by atoms with E-state index in [4.69, 9.17) is 23.8 Å². The van der Waals surface area contributed by atoms with Crippen LogP contribution in [0, 0.1) is 0 Å². The van der Waals surface area contributed by atoms with E-state index in [9.17, 15) is 9.59 Å². The highest BCUT2D eigenvalue weighted by atomic mass is 35.5. The van der Waals surface area contributed by atoms with Crippen LogP contribution in [0.15, 0.2) is 48.5 Å². The second-order valence-corrected chi connectivity index (χ2v) is 7.88. The highest BCUT2D eigenvalue weighted by Crippen LogP contribution is 2.15. The molecule has 2 aromatic rings. The quantitative estimate of drug-likeness (QED) is 0.457. The van der Waals surface area contributed by atoms with Crippen LogP contribution >= 0.6 is 23.8 Å². The maximum atomic E-state index is 12.2. The lowest BCUT2D eigenvalue weighted by molar-refractivity contribution is -0.118. The molecule has 0 heterocycles. The minimum absolute atomic E-state index is 0.180. The Morgan fingerprint density at radius 3 is 2.38 bits per heavy atom. The first-order valence-corrected chi connectivity index (χ1v) is 10.3. The van der Waals surface area contributed by atoms with Gasteiger partial charge in [0.05, 0.1) is 10.6 Å². The summed E-state index contributed by atoms with van der Waals surface area (Å²) in [6, 6.07) is 14.2. The standard InChI is InChI=1S/C22H26ClN3O2S/c1-26(2)14-6-5-7-18(27)15-16-10-12-17(13-11-16)24-22(29)25-21(28)19-8-3-4-9-20(19)23/h3-4,8-13H,5-7,14-15H2,1-2H3,(H2,24,25,28,29). The molecule has 0 fully saturated rings. The summed E-state index contributed by atoms with van der Waals surface area (Å²) in [4.78, 5) is 26.4. The fraction of sp³-hybridized carbons (Fsp3) is 0.318. The molecule has 0 aliphatic rings. The molecule has 154 valence electrons. The molecule has 0 bridgehead atoms. The van der Waals surface area contributed by atoms with Crippen molar-refractivity contribution < 1.29 is 9.59 Å². The lowest BCUT2D eigenvalue weighted by Gasteiger charge is -2.11. The molecule has 0 atom stereocenters. The zero-order chi connectivity index (χ0) is 21.2. The number of hydrogen-bond acceptors (Lipinski definition) is 4. The highest BCUT2D eigenvalue weighted by molar-refractivity contribution is 7.80. The number of nitrogens with one attached hydrogen (secondary N) is 2. The Labute approximate surface area is 182 Å². The van der Waals surface area contributed by atoms with Crippen LogP contribution in [0.3, 0.4) is 0 Å². The number of halogens is 1. The fourth-order valence-corrected chi connectivity index (χ4v) is 3.18. The number of carbonyl (C=O) groups excluding carboxylic acids is 2. The second kappa shape index (κ2) is 11.7. The molecule has 29 heavy (non-hydrogen) atoms. The van der Waals surface area contributed by atoms with E-state index >= 15 is 0 Å². The Balaban J connectivity index is 1.79. The largest absolute Gasteiger partial charge is 0.332 e. The Morgan fingerprint density at radius 2 is 1.72 bits per heavy atom. The zero-order valence-corrected chi connectivity index (χ0v) is 18.3. The van der Waals surface area contributed by atoms with Gasteiger partial charge in [-0.05, 0) is 75.5 Å². The summed E-state index contributed by atoms with van der Waals surface area (Å²) in [5.74, 6) is -0.128. The molecule has 0 aliphatic carbocycles. The van der Waals surface area contributed by atoms with Crippen LogP contribution in [-0.4, -0.2) is 42.3 Å². The molecule has 5 nitrogen and oxygen atoms in total. The van der Waals surface area contributed by atoms with E-state index in [0.29, 0.717) is 23.4 Å². The van der Waals surface area contributed by atoms with Gasteiger partial charge in [0.15, 0.2) is 5.11 Å². The summed E-state index contributed by atoms with van der Waals surface area (Å²) in [5, 5.41) is 6.11. The normalized spacial score (nSPS) is 10.6. The van der Waals surface area contributed by atoms with Crippen molar-refractivity contribution in [2.24, 2.45) is 0 Å². The number of anilines is 1. The minimum atomic E-state index is -0.371. The van der Waals surface area contributed by atoms with Gasteiger partial charge in [0.25, 0.3) is 5.91 Å². The molecule has 0 unspecified atom stereocenters. The number of hydrogen-bond donors (Lipinski definition) is 2. The van der Waals surface area contributed by atoms with E-state index in [1.54, 1.807) is 24.3 Å². The number of unbranched alkanes of at least 4 members (excludes halogenated alkanes) is 1. The van der Waals surface area contributed by atoms with Crippen LogP contribution < -0.4 is 10.6 Å². The average molecular weight is 432 g/mol. The average Bonchev–Trinajstić information content (AvgIpc) is 2.67. The first-order valence-electron chi connectivity index (χ1n) is 9.47. The molecule has 0 spiro atoms. The van der Waals surface area contributed by atoms with Gasteiger partial charge in [-0.15, -0.1) is 0 Å². The molecule has 7 heteroatoms. The summed E-state index contributed by atoms with van der Waals surface area (Å²) in [6.45, 7) is 1.00. The third-order valence-corrected chi connectivity index (χ3v) is 4.80. The van der Waals surface area contributed by atoms with Gasteiger partial charge in [0, 0.05) is 18.5 Å². The highest BCUT2D eigenvalue weighted by Gasteiger charge is 2.11. The van der Waals surface area contributed by atoms with Gasteiger partial charge in [-0.2, -0.15) is 0 Å². The summed E-state index contributed by atoms with van der Waals surface area (Å²) >= 11 is 11.2. The molecule has 0 saturated carbocycles. The summed E-state index contributed by atoms with van der Waals surface area (Å²) < 4.78 is 0. The molecule has 0 aliphatic heterocycles. The number of nitrogens with zero attached hydrogens (tertiary/aromatic N) is 1. The lowest BCUT2D eigenvalue weighted by Crippen LogP contribution is -2.34. The molecule has 0 saturated heterocycles. The Kier molecular flexibility index (Phi) is 9.25. The topological polar surface area (TPSA) is 61.4 Å². The molecular formula is C22H26ClN3O2S. The van der Waals surface area contributed by atoms with Crippen molar-refractivity contribution in [2.75, 3.05) is 26.0 Å². The maximum absolute atomic E-state index is 12.2. The van der Waals surface area contributed by atoms with Crippen molar-refractivity contribution in [1.82, 2.24) is 10.2 Å². The van der Waals surface area contributed by atoms with Crippen LogP contribution in [0.1, 0.15) is 35.2 Å². The van der Waals surface area contributed by atoms with E-state index in [2.05, 4.69) is 15.5 Å². The van der Waals surface area contributed by atoms with Crippen molar-refractivity contribution in [1.29, 1.82) is 0 Å². The van der Waals surface area contributed by atoms with Crippen molar-refractivity contribution in [3.8, 4) is 0 Å². The van der Waals surface area contributed by atoms with Crippen LogP contribution in [-0.2, 0) is 11.2 Å². The number of rotatable bonds is 9. The van der Waals surface area contributed by atoms with Gasteiger partial charge < -0.3 is 10.2 Å². The zero-order valence-electron chi connectivity index (χ0n) is 16.7. The fourth-order valence-electron chi connectivity index (χ4n) is 2.75. The number of thiocarbonyl (C=S) groups is 1. The first-order chi connectivity index (χ1) is 13.8. The summed E-state index contributed by atoms with van der Waals surface area (Å²) in [7, 11) is 4.07.